The van der Waals surface area contributed by atoms with Gasteiger partial charge < -0.3 is 15.0 Å². The van der Waals surface area contributed by atoms with Gasteiger partial charge in [-0.2, -0.15) is 0 Å². The zero-order chi connectivity index (χ0) is 24.0. The number of anilines is 1. The van der Waals surface area contributed by atoms with Crippen molar-refractivity contribution >= 4 is 33.0 Å². The first-order valence-corrected chi connectivity index (χ1v) is 13.2. The minimum Gasteiger partial charge on any atom is -0.476 e. The van der Waals surface area contributed by atoms with Crippen molar-refractivity contribution in [3.8, 4) is 5.75 Å². The summed E-state index contributed by atoms with van der Waals surface area (Å²) >= 11 is 6.05. The predicted octanol–water partition coefficient (Wildman–Crippen LogP) is 4.36. The number of rotatable bonds is 6. The van der Waals surface area contributed by atoms with Gasteiger partial charge in [-0.05, 0) is 82.0 Å². The summed E-state index contributed by atoms with van der Waals surface area (Å²) in [5, 5.41) is 3.24. The second-order valence-electron chi connectivity index (χ2n) is 9.39. The van der Waals surface area contributed by atoms with Crippen molar-refractivity contribution in [2.75, 3.05) is 11.2 Å². The van der Waals surface area contributed by atoms with E-state index >= 15 is 0 Å². The SMILES string of the molecule is CC(C)(Oc1ccc(F)cc1Cl)C(=O)NC1C[C@H]2CC[C@@H](C1)N2c1ccc(S(C)(=O)=O)cc1. The molecule has 0 saturated carbocycles. The fraction of sp³-hybridized carbons (Fsp3) is 0.458. The maximum absolute atomic E-state index is 13.3. The molecule has 2 aliphatic rings. The average Bonchev–Trinajstić information content (AvgIpc) is 3.00. The molecule has 2 bridgehead atoms. The summed E-state index contributed by atoms with van der Waals surface area (Å²) < 4.78 is 42.6. The Morgan fingerprint density at radius 1 is 1.12 bits per heavy atom. The number of carbonyl (C=O) groups excluding carboxylic acids is 1. The Morgan fingerprint density at radius 3 is 2.27 bits per heavy atom. The van der Waals surface area contributed by atoms with E-state index in [1.165, 1.54) is 18.4 Å². The maximum atomic E-state index is 13.3. The van der Waals surface area contributed by atoms with E-state index in [2.05, 4.69) is 10.2 Å². The minimum atomic E-state index is -3.23. The molecule has 0 aromatic heterocycles. The molecule has 1 unspecified atom stereocenters. The third-order valence-corrected chi connectivity index (χ3v) is 7.86. The number of hydrogen-bond acceptors (Lipinski definition) is 5. The molecule has 6 nitrogen and oxygen atoms in total. The Balaban J connectivity index is 1.41. The van der Waals surface area contributed by atoms with Crippen LogP contribution in [0, 0.1) is 5.82 Å². The van der Waals surface area contributed by atoms with Crippen LogP contribution in [0.1, 0.15) is 39.5 Å². The molecule has 0 spiro atoms. The number of ether oxygens (including phenoxy) is 1. The fourth-order valence-corrected chi connectivity index (χ4v) is 5.66. The van der Waals surface area contributed by atoms with Crippen LogP contribution in [-0.4, -0.2) is 44.3 Å². The molecule has 2 heterocycles. The average molecular weight is 495 g/mol. The van der Waals surface area contributed by atoms with Crippen molar-refractivity contribution in [2.24, 2.45) is 0 Å². The Hall–Kier alpha value is -2.32. The van der Waals surface area contributed by atoms with Crippen molar-refractivity contribution in [1.29, 1.82) is 0 Å². The molecule has 1 amide bonds. The van der Waals surface area contributed by atoms with Gasteiger partial charge in [0.25, 0.3) is 5.91 Å². The number of nitrogens with one attached hydrogen (secondary N) is 1. The second kappa shape index (κ2) is 8.80. The Morgan fingerprint density at radius 2 is 1.73 bits per heavy atom. The summed E-state index contributed by atoms with van der Waals surface area (Å²) in [6.45, 7) is 3.32. The zero-order valence-corrected chi connectivity index (χ0v) is 20.4. The van der Waals surface area contributed by atoms with Crippen LogP contribution in [0.5, 0.6) is 5.75 Å². The summed E-state index contributed by atoms with van der Waals surface area (Å²) in [5.41, 5.74) is -0.173. The lowest BCUT2D eigenvalue weighted by molar-refractivity contribution is -0.135. The first-order chi connectivity index (χ1) is 15.4. The highest BCUT2D eigenvalue weighted by atomic mass is 35.5. The standard InChI is InChI=1S/C24H28ClFN2O4S/c1-24(2,32-22-11-4-15(26)12-21(22)25)23(29)27-16-13-18-5-6-19(14-16)28(18)17-7-9-20(10-8-17)33(3,30)31/h4,7-12,16,18-19H,5-6,13-14H2,1-3H3,(H,27,29)/t16?,18-,19+. The van der Waals surface area contributed by atoms with Gasteiger partial charge in [-0.1, -0.05) is 11.6 Å². The largest absolute Gasteiger partial charge is 0.476 e. The molecule has 2 saturated heterocycles. The van der Waals surface area contributed by atoms with E-state index in [1.54, 1.807) is 26.0 Å². The summed E-state index contributed by atoms with van der Waals surface area (Å²) in [4.78, 5) is 15.7. The molecule has 2 fully saturated rings. The van der Waals surface area contributed by atoms with Crippen LogP contribution in [-0.2, 0) is 14.6 Å². The summed E-state index contributed by atoms with van der Waals surface area (Å²) in [5.74, 6) is -0.466. The van der Waals surface area contributed by atoms with Crippen LogP contribution < -0.4 is 15.0 Å². The van der Waals surface area contributed by atoms with Gasteiger partial charge in [-0.25, -0.2) is 12.8 Å². The molecule has 0 radical (unpaired) electrons. The smallest absolute Gasteiger partial charge is 0.263 e. The first kappa shape index (κ1) is 23.8. The molecule has 1 N–H and O–H groups in total. The van der Waals surface area contributed by atoms with E-state index in [0.29, 0.717) is 4.90 Å². The van der Waals surface area contributed by atoms with Gasteiger partial charge in [0.1, 0.15) is 11.6 Å². The zero-order valence-electron chi connectivity index (χ0n) is 18.8. The number of carbonyl (C=O) groups is 1. The van der Waals surface area contributed by atoms with E-state index in [4.69, 9.17) is 16.3 Å². The molecular weight excluding hydrogens is 467 g/mol. The third kappa shape index (κ3) is 5.11. The van der Waals surface area contributed by atoms with Gasteiger partial charge in [0.2, 0.25) is 0 Å². The molecular formula is C24H28ClFN2O4S. The molecule has 178 valence electrons. The number of sulfone groups is 1. The fourth-order valence-electron chi connectivity index (χ4n) is 4.82. The van der Waals surface area contributed by atoms with E-state index in [-0.39, 0.29) is 34.8 Å². The van der Waals surface area contributed by atoms with Crippen LogP contribution in [0.3, 0.4) is 0 Å². The molecule has 2 aliphatic heterocycles. The van der Waals surface area contributed by atoms with Crippen molar-refractivity contribution in [3.63, 3.8) is 0 Å². The first-order valence-electron chi connectivity index (χ1n) is 11.0. The minimum absolute atomic E-state index is 0.00751. The molecule has 33 heavy (non-hydrogen) atoms. The Kier molecular flexibility index (Phi) is 6.35. The van der Waals surface area contributed by atoms with E-state index in [0.717, 1.165) is 37.4 Å². The van der Waals surface area contributed by atoms with Crippen molar-refractivity contribution in [1.82, 2.24) is 5.32 Å². The molecule has 9 heteroatoms. The van der Waals surface area contributed by atoms with Gasteiger partial charge >= 0.3 is 0 Å². The van der Waals surface area contributed by atoms with Crippen LogP contribution in [0.4, 0.5) is 10.1 Å². The van der Waals surface area contributed by atoms with Crippen molar-refractivity contribution in [2.45, 2.75) is 68.2 Å². The quantitative estimate of drug-likeness (QED) is 0.646. The number of amides is 1. The number of nitrogens with zero attached hydrogens (tertiary/aromatic N) is 1. The highest BCUT2D eigenvalue weighted by molar-refractivity contribution is 7.90. The van der Waals surface area contributed by atoms with Crippen molar-refractivity contribution < 1.29 is 22.3 Å². The number of piperidine rings is 1. The van der Waals surface area contributed by atoms with E-state index < -0.39 is 21.3 Å². The molecule has 3 atom stereocenters. The van der Waals surface area contributed by atoms with Gasteiger partial charge in [-0.15, -0.1) is 0 Å². The lowest BCUT2D eigenvalue weighted by Gasteiger charge is -2.41. The molecule has 0 aliphatic carbocycles. The van der Waals surface area contributed by atoms with Crippen LogP contribution >= 0.6 is 11.6 Å². The number of halogens is 2. The second-order valence-corrected chi connectivity index (χ2v) is 11.8. The van der Waals surface area contributed by atoms with E-state index in [9.17, 15) is 17.6 Å². The highest BCUT2D eigenvalue weighted by Gasteiger charge is 2.42. The molecule has 2 aromatic carbocycles. The van der Waals surface area contributed by atoms with Crippen LogP contribution in [0.2, 0.25) is 5.02 Å². The van der Waals surface area contributed by atoms with Gasteiger partial charge in [-0.3, -0.25) is 4.79 Å². The Labute approximate surface area is 199 Å². The predicted molar refractivity (Wildman–Crippen MR) is 126 cm³/mol. The van der Waals surface area contributed by atoms with Gasteiger partial charge in [0.05, 0.1) is 9.92 Å². The number of fused-ring (bicyclic) bond motifs is 2. The summed E-state index contributed by atoms with van der Waals surface area (Å²) in [6.07, 6.45) is 4.84. The maximum Gasteiger partial charge on any atom is 0.263 e. The van der Waals surface area contributed by atoms with Crippen LogP contribution in [0.15, 0.2) is 47.4 Å². The number of benzene rings is 2. The number of hydrogen-bond donors (Lipinski definition) is 1. The van der Waals surface area contributed by atoms with Crippen LogP contribution in [0.25, 0.3) is 0 Å². The summed E-state index contributed by atoms with van der Waals surface area (Å²) in [6, 6.07) is 11.4. The van der Waals surface area contributed by atoms with E-state index in [1.807, 2.05) is 12.1 Å². The van der Waals surface area contributed by atoms with Gasteiger partial charge in [0.15, 0.2) is 15.4 Å². The lowest BCUT2D eigenvalue weighted by atomic mass is 9.95. The van der Waals surface area contributed by atoms with Crippen molar-refractivity contribution in [3.05, 3.63) is 53.3 Å². The molecule has 4 rings (SSSR count). The lowest BCUT2D eigenvalue weighted by Crippen LogP contribution is -2.55. The third-order valence-electron chi connectivity index (χ3n) is 6.44. The summed E-state index contributed by atoms with van der Waals surface area (Å²) in [7, 11) is -3.23. The molecule has 2 aromatic rings. The monoisotopic (exact) mass is 494 g/mol. The Bertz CT molecular complexity index is 1140. The topological polar surface area (TPSA) is 75.7 Å². The van der Waals surface area contributed by atoms with Gasteiger partial charge in [0, 0.05) is 30.1 Å². The highest BCUT2D eigenvalue weighted by Crippen LogP contribution is 2.40. The normalized spacial score (nSPS) is 22.8.